The lowest BCUT2D eigenvalue weighted by Gasteiger charge is -2.48. The molecule has 0 aliphatic heterocycles. The fourth-order valence-corrected chi connectivity index (χ4v) is 2.90. The van der Waals surface area contributed by atoms with E-state index in [1.165, 1.54) is 32.1 Å². The highest BCUT2D eigenvalue weighted by Crippen LogP contribution is 2.52. The highest BCUT2D eigenvalue weighted by atomic mass is 14.5. The normalized spacial score (nSPS) is 37.5. The summed E-state index contributed by atoms with van der Waals surface area (Å²) in [6.07, 6.45) is 7.23. The molecule has 1 rings (SSSR count). The first-order valence-corrected chi connectivity index (χ1v) is 5.62. The molecule has 0 N–H and O–H groups in total. The molecule has 1 fully saturated rings. The fourth-order valence-electron chi connectivity index (χ4n) is 2.90. The van der Waals surface area contributed by atoms with Gasteiger partial charge in [0.25, 0.3) is 0 Å². The van der Waals surface area contributed by atoms with Crippen LogP contribution in [0.1, 0.15) is 59.8 Å². The van der Waals surface area contributed by atoms with Gasteiger partial charge in [0.1, 0.15) is 0 Å². The van der Waals surface area contributed by atoms with Crippen LogP contribution < -0.4 is 0 Å². The predicted octanol–water partition coefficient (Wildman–Crippen LogP) is 4.25. The molecular formula is C12H24. The lowest BCUT2D eigenvalue weighted by Crippen LogP contribution is -2.36. The zero-order valence-corrected chi connectivity index (χ0v) is 9.19. The minimum atomic E-state index is 0.759. The third-order valence-electron chi connectivity index (χ3n) is 3.79. The van der Waals surface area contributed by atoms with Crippen LogP contribution in [0.15, 0.2) is 0 Å². The lowest BCUT2D eigenvalue weighted by atomic mass is 9.58. The highest BCUT2D eigenvalue weighted by Gasteiger charge is 2.40. The molecule has 72 valence electrons. The molecule has 0 nitrogen and oxygen atoms in total. The Morgan fingerprint density at radius 3 is 2.25 bits per heavy atom. The molecule has 0 bridgehead atoms. The molecular weight excluding hydrogens is 144 g/mol. The first-order valence-electron chi connectivity index (χ1n) is 5.62. The van der Waals surface area contributed by atoms with Gasteiger partial charge < -0.3 is 0 Å². The van der Waals surface area contributed by atoms with Gasteiger partial charge in [-0.2, -0.15) is 0 Å². The van der Waals surface area contributed by atoms with Crippen LogP contribution >= 0.6 is 0 Å². The Bertz CT molecular complexity index is 131. The van der Waals surface area contributed by atoms with Crippen molar-refractivity contribution in [1.82, 2.24) is 0 Å². The van der Waals surface area contributed by atoms with Gasteiger partial charge in [-0.3, -0.25) is 0 Å². The molecule has 1 aliphatic rings. The Balaban J connectivity index is 2.36. The van der Waals surface area contributed by atoms with Crippen LogP contribution in [0, 0.1) is 17.3 Å². The van der Waals surface area contributed by atoms with Crippen LogP contribution in [-0.4, -0.2) is 0 Å². The molecule has 0 radical (unpaired) electrons. The van der Waals surface area contributed by atoms with E-state index >= 15 is 0 Å². The molecule has 0 amide bonds. The smallest absolute Gasteiger partial charge is 0.0292 e. The van der Waals surface area contributed by atoms with E-state index in [-0.39, 0.29) is 0 Å². The third kappa shape index (κ3) is 2.02. The summed E-state index contributed by atoms with van der Waals surface area (Å²) in [5.74, 6) is 1.95. The van der Waals surface area contributed by atoms with Crippen molar-refractivity contribution in [1.29, 1.82) is 0 Å². The molecule has 0 aromatic rings. The van der Waals surface area contributed by atoms with E-state index in [0.29, 0.717) is 0 Å². The van der Waals surface area contributed by atoms with E-state index < -0.39 is 0 Å². The molecule has 0 spiro atoms. The molecule has 1 aliphatic carbocycles. The zero-order valence-electron chi connectivity index (χ0n) is 9.19. The predicted molar refractivity (Wildman–Crippen MR) is 55.2 cm³/mol. The summed E-state index contributed by atoms with van der Waals surface area (Å²) in [5, 5.41) is 0. The van der Waals surface area contributed by atoms with Crippen LogP contribution in [0.5, 0.6) is 0 Å². The lowest BCUT2D eigenvalue weighted by molar-refractivity contribution is 0.0346. The first kappa shape index (κ1) is 10.1. The Hall–Kier alpha value is 0. The van der Waals surface area contributed by atoms with E-state index in [9.17, 15) is 0 Å². The summed E-state index contributed by atoms with van der Waals surface area (Å²) in [7, 11) is 0. The van der Waals surface area contributed by atoms with E-state index in [0.717, 1.165) is 17.3 Å². The quantitative estimate of drug-likeness (QED) is 0.588. The molecule has 0 aromatic carbocycles. The summed E-state index contributed by atoms with van der Waals surface area (Å²) < 4.78 is 0. The maximum Gasteiger partial charge on any atom is -0.0292 e. The van der Waals surface area contributed by atoms with Gasteiger partial charge in [-0.05, 0) is 36.5 Å². The van der Waals surface area contributed by atoms with Crippen LogP contribution in [0.3, 0.4) is 0 Å². The SMILES string of the molecule is CCC(C)CC1(CC)CC(C)C1. The van der Waals surface area contributed by atoms with Crippen molar-refractivity contribution in [3.63, 3.8) is 0 Å². The standard InChI is InChI=1S/C12H24/c1-5-10(3)7-12(6-2)8-11(4)9-12/h10-11H,5-9H2,1-4H3. The van der Waals surface area contributed by atoms with Crippen molar-refractivity contribution in [3.8, 4) is 0 Å². The zero-order chi connectivity index (χ0) is 9.19. The second-order valence-electron chi connectivity index (χ2n) is 5.08. The Morgan fingerprint density at radius 2 is 1.92 bits per heavy atom. The molecule has 0 saturated heterocycles. The Kier molecular flexibility index (Phi) is 3.20. The van der Waals surface area contributed by atoms with Gasteiger partial charge in [-0.25, -0.2) is 0 Å². The third-order valence-corrected chi connectivity index (χ3v) is 3.79. The van der Waals surface area contributed by atoms with Crippen molar-refractivity contribution in [2.45, 2.75) is 59.8 Å². The summed E-state index contributed by atoms with van der Waals surface area (Å²) in [5.41, 5.74) is 0.759. The summed E-state index contributed by atoms with van der Waals surface area (Å²) in [6, 6.07) is 0. The molecule has 1 atom stereocenters. The van der Waals surface area contributed by atoms with Gasteiger partial charge in [0, 0.05) is 0 Å². The van der Waals surface area contributed by atoms with Gasteiger partial charge in [-0.1, -0.05) is 40.5 Å². The fraction of sp³-hybridized carbons (Fsp3) is 1.00. The van der Waals surface area contributed by atoms with E-state index in [2.05, 4.69) is 27.7 Å². The molecule has 0 heteroatoms. The van der Waals surface area contributed by atoms with E-state index in [1.54, 1.807) is 0 Å². The number of hydrogen-bond donors (Lipinski definition) is 0. The average molecular weight is 168 g/mol. The van der Waals surface area contributed by atoms with E-state index in [4.69, 9.17) is 0 Å². The summed E-state index contributed by atoms with van der Waals surface area (Å²) in [4.78, 5) is 0. The summed E-state index contributed by atoms with van der Waals surface area (Å²) in [6.45, 7) is 9.48. The Morgan fingerprint density at radius 1 is 1.33 bits per heavy atom. The highest BCUT2D eigenvalue weighted by molar-refractivity contribution is 4.91. The van der Waals surface area contributed by atoms with Gasteiger partial charge in [0.15, 0.2) is 0 Å². The van der Waals surface area contributed by atoms with Crippen molar-refractivity contribution in [3.05, 3.63) is 0 Å². The van der Waals surface area contributed by atoms with Gasteiger partial charge in [0.2, 0.25) is 0 Å². The molecule has 1 saturated carbocycles. The van der Waals surface area contributed by atoms with Crippen molar-refractivity contribution in [2.75, 3.05) is 0 Å². The van der Waals surface area contributed by atoms with Crippen molar-refractivity contribution < 1.29 is 0 Å². The van der Waals surface area contributed by atoms with Crippen LogP contribution in [0.4, 0.5) is 0 Å². The molecule has 0 heterocycles. The van der Waals surface area contributed by atoms with Crippen LogP contribution in [0.25, 0.3) is 0 Å². The maximum absolute atomic E-state index is 2.40. The summed E-state index contributed by atoms with van der Waals surface area (Å²) >= 11 is 0. The molecule has 12 heavy (non-hydrogen) atoms. The first-order chi connectivity index (χ1) is 5.62. The topological polar surface area (TPSA) is 0 Å². The minimum absolute atomic E-state index is 0.759. The van der Waals surface area contributed by atoms with Crippen molar-refractivity contribution in [2.24, 2.45) is 17.3 Å². The monoisotopic (exact) mass is 168 g/mol. The van der Waals surface area contributed by atoms with Gasteiger partial charge in [-0.15, -0.1) is 0 Å². The second-order valence-corrected chi connectivity index (χ2v) is 5.08. The minimum Gasteiger partial charge on any atom is -0.0651 e. The van der Waals surface area contributed by atoms with Gasteiger partial charge in [0.05, 0.1) is 0 Å². The van der Waals surface area contributed by atoms with Crippen LogP contribution in [0.2, 0.25) is 0 Å². The molecule has 1 unspecified atom stereocenters. The number of rotatable bonds is 4. The second kappa shape index (κ2) is 3.81. The maximum atomic E-state index is 2.40. The van der Waals surface area contributed by atoms with Crippen molar-refractivity contribution >= 4 is 0 Å². The largest absolute Gasteiger partial charge is 0.0651 e. The van der Waals surface area contributed by atoms with E-state index in [1.807, 2.05) is 0 Å². The average Bonchev–Trinajstić information content (AvgIpc) is 2.01. The molecule has 0 aromatic heterocycles. The number of hydrogen-bond acceptors (Lipinski definition) is 0. The van der Waals surface area contributed by atoms with Gasteiger partial charge >= 0.3 is 0 Å². The Labute approximate surface area is 77.7 Å². The van der Waals surface area contributed by atoms with Crippen LogP contribution in [-0.2, 0) is 0 Å².